The average molecular weight is 344 g/mol. The Morgan fingerprint density at radius 1 is 1.16 bits per heavy atom. The molecule has 134 valence electrons. The van der Waals surface area contributed by atoms with Crippen molar-refractivity contribution in [1.29, 1.82) is 0 Å². The number of anilines is 1. The lowest BCUT2D eigenvalue weighted by molar-refractivity contribution is 0.0133. The highest BCUT2D eigenvalue weighted by Crippen LogP contribution is 2.25. The summed E-state index contributed by atoms with van der Waals surface area (Å²) >= 11 is 0. The highest BCUT2D eigenvalue weighted by atomic mass is 16.5. The fourth-order valence-electron chi connectivity index (χ4n) is 2.45. The highest BCUT2D eigenvalue weighted by molar-refractivity contribution is 5.67. The number of hydrogen-bond donors (Lipinski definition) is 4. The largest absolute Gasteiger partial charge is 0.445 e. The Hall–Kier alpha value is -2.57. The van der Waals surface area contributed by atoms with Crippen molar-refractivity contribution in [1.82, 2.24) is 5.32 Å². The van der Waals surface area contributed by atoms with E-state index in [4.69, 9.17) is 10.5 Å². The molecule has 2 aromatic carbocycles. The predicted octanol–water partition coefficient (Wildman–Crippen LogP) is 2.29. The molecule has 0 radical (unpaired) electrons. The quantitative estimate of drug-likeness (QED) is 0.577. The highest BCUT2D eigenvalue weighted by Gasteiger charge is 2.20. The molecule has 2 atom stereocenters. The monoisotopic (exact) mass is 344 g/mol. The molecule has 2 aromatic rings. The van der Waals surface area contributed by atoms with E-state index in [0.717, 1.165) is 11.1 Å². The second kappa shape index (κ2) is 9.05. The summed E-state index contributed by atoms with van der Waals surface area (Å²) in [5, 5.41) is 22.9. The second-order valence-electron chi connectivity index (χ2n) is 5.85. The number of alkyl carbamates (subject to hydrolysis) is 1. The van der Waals surface area contributed by atoms with Gasteiger partial charge in [-0.2, -0.15) is 0 Å². The normalized spacial score (nSPS) is 13.1. The minimum atomic E-state index is -1.06. The van der Waals surface area contributed by atoms with Crippen LogP contribution in [0.5, 0.6) is 0 Å². The molecule has 0 aliphatic heterocycles. The van der Waals surface area contributed by atoms with Gasteiger partial charge in [-0.15, -0.1) is 0 Å². The standard InChI is InChI=1S/C19H24N2O4/c1-13-15(8-5-9-16(13)20)18(23)17(22)10-11-21-19(24)25-12-14-6-3-2-4-7-14/h2-9,17-18,22-23H,10-12,20H2,1H3,(H,21,24). The zero-order valence-electron chi connectivity index (χ0n) is 14.2. The van der Waals surface area contributed by atoms with E-state index in [-0.39, 0.29) is 19.6 Å². The Labute approximate surface area is 147 Å². The molecule has 0 spiro atoms. The Bertz CT molecular complexity index is 691. The summed E-state index contributed by atoms with van der Waals surface area (Å²) in [6.45, 7) is 2.16. The van der Waals surface area contributed by atoms with Crippen molar-refractivity contribution in [3.63, 3.8) is 0 Å². The van der Waals surface area contributed by atoms with Crippen molar-refractivity contribution in [3.05, 3.63) is 65.2 Å². The lowest BCUT2D eigenvalue weighted by atomic mass is 9.97. The third-order valence-corrected chi connectivity index (χ3v) is 4.02. The van der Waals surface area contributed by atoms with E-state index in [0.29, 0.717) is 11.3 Å². The summed E-state index contributed by atoms with van der Waals surface area (Å²) in [7, 11) is 0. The van der Waals surface area contributed by atoms with Gasteiger partial charge < -0.3 is 26.0 Å². The maximum absolute atomic E-state index is 11.6. The minimum Gasteiger partial charge on any atom is -0.445 e. The number of benzene rings is 2. The molecule has 0 heterocycles. The van der Waals surface area contributed by atoms with Gasteiger partial charge in [-0.3, -0.25) is 0 Å². The van der Waals surface area contributed by atoms with Crippen LogP contribution in [0, 0.1) is 6.92 Å². The fraction of sp³-hybridized carbons (Fsp3) is 0.316. The Morgan fingerprint density at radius 3 is 2.60 bits per heavy atom. The summed E-state index contributed by atoms with van der Waals surface area (Å²) < 4.78 is 5.08. The van der Waals surface area contributed by atoms with Crippen molar-refractivity contribution in [2.75, 3.05) is 12.3 Å². The number of ether oxygens (including phenoxy) is 1. The summed E-state index contributed by atoms with van der Waals surface area (Å²) in [6, 6.07) is 14.5. The molecule has 0 aliphatic carbocycles. The van der Waals surface area contributed by atoms with E-state index in [1.54, 1.807) is 25.1 Å². The number of nitrogens with two attached hydrogens (primary N) is 1. The smallest absolute Gasteiger partial charge is 0.407 e. The van der Waals surface area contributed by atoms with Crippen LogP contribution in [-0.4, -0.2) is 29.0 Å². The maximum atomic E-state index is 11.6. The molecule has 0 aliphatic rings. The maximum Gasteiger partial charge on any atom is 0.407 e. The van der Waals surface area contributed by atoms with E-state index in [9.17, 15) is 15.0 Å². The number of nitrogen functional groups attached to an aromatic ring is 1. The van der Waals surface area contributed by atoms with Crippen molar-refractivity contribution < 1.29 is 19.7 Å². The molecule has 1 amide bonds. The van der Waals surface area contributed by atoms with E-state index in [2.05, 4.69) is 5.32 Å². The number of hydrogen-bond acceptors (Lipinski definition) is 5. The Morgan fingerprint density at radius 2 is 1.88 bits per heavy atom. The minimum absolute atomic E-state index is 0.181. The van der Waals surface area contributed by atoms with E-state index >= 15 is 0 Å². The van der Waals surface area contributed by atoms with Crippen LogP contribution in [0.3, 0.4) is 0 Å². The Balaban J connectivity index is 1.75. The van der Waals surface area contributed by atoms with Crippen molar-refractivity contribution >= 4 is 11.8 Å². The summed E-state index contributed by atoms with van der Waals surface area (Å²) in [4.78, 5) is 11.6. The van der Waals surface area contributed by atoms with E-state index in [1.807, 2.05) is 30.3 Å². The number of rotatable bonds is 7. The van der Waals surface area contributed by atoms with E-state index in [1.165, 1.54) is 0 Å². The van der Waals surface area contributed by atoms with Crippen molar-refractivity contribution in [2.24, 2.45) is 0 Å². The van der Waals surface area contributed by atoms with Crippen molar-refractivity contribution in [3.8, 4) is 0 Å². The van der Waals surface area contributed by atoms with Crippen LogP contribution in [-0.2, 0) is 11.3 Å². The topological polar surface area (TPSA) is 105 Å². The second-order valence-corrected chi connectivity index (χ2v) is 5.85. The van der Waals surface area contributed by atoms with Gasteiger partial charge in [0.2, 0.25) is 0 Å². The van der Waals surface area contributed by atoms with Gasteiger partial charge in [0.1, 0.15) is 12.7 Å². The lowest BCUT2D eigenvalue weighted by Crippen LogP contribution is -2.30. The first-order valence-corrected chi connectivity index (χ1v) is 8.14. The third kappa shape index (κ3) is 5.48. The molecule has 0 saturated carbocycles. The van der Waals surface area contributed by atoms with Crippen LogP contribution < -0.4 is 11.1 Å². The van der Waals surface area contributed by atoms with Gasteiger partial charge in [-0.05, 0) is 36.1 Å². The van der Waals surface area contributed by atoms with Crippen LogP contribution in [0.15, 0.2) is 48.5 Å². The fourth-order valence-corrected chi connectivity index (χ4v) is 2.45. The Kier molecular flexibility index (Phi) is 6.80. The van der Waals surface area contributed by atoms with Crippen LogP contribution in [0.4, 0.5) is 10.5 Å². The lowest BCUT2D eigenvalue weighted by Gasteiger charge is -2.20. The molecule has 25 heavy (non-hydrogen) atoms. The predicted molar refractivity (Wildman–Crippen MR) is 95.8 cm³/mol. The molecule has 0 fully saturated rings. The van der Waals surface area contributed by atoms with Gasteiger partial charge in [0.25, 0.3) is 0 Å². The summed E-state index contributed by atoms with van der Waals surface area (Å²) in [6.07, 6.45) is -2.46. The van der Waals surface area contributed by atoms with Crippen LogP contribution in [0.2, 0.25) is 0 Å². The molecule has 2 unspecified atom stereocenters. The number of carbonyl (C=O) groups is 1. The first-order chi connectivity index (χ1) is 12.0. The molecule has 6 heteroatoms. The number of amides is 1. The molecule has 0 bridgehead atoms. The van der Waals surface area contributed by atoms with Crippen LogP contribution in [0.1, 0.15) is 29.2 Å². The number of aliphatic hydroxyl groups excluding tert-OH is 2. The molecule has 2 rings (SSSR count). The van der Waals surface area contributed by atoms with Crippen molar-refractivity contribution in [2.45, 2.75) is 32.2 Å². The molecule has 0 aromatic heterocycles. The van der Waals surface area contributed by atoms with Gasteiger partial charge in [0, 0.05) is 12.2 Å². The van der Waals surface area contributed by atoms with E-state index < -0.39 is 18.3 Å². The number of carbonyl (C=O) groups excluding carboxylic acids is 1. The van der Waals surface area contributed by atoms with Crippen LogP contribution >= 0.6 is 0 Å². The first kappa shape index (κ1) is 18.8. The SMILES string of the molecule is Cc1c(N)cccc1C(O)C(O)CCNC(=O)OCc1ccccc1. The van der Waals surface area contributed by atoms with Gasteiger partial charge >= 0.3 is 6.09 Å². The summed E-state index contributed by atoms with van der Waals surface area (Å²) in [5.74, 6) is 0. The average Bonchev–Trinajstić information content (AvgIpc) is 2.62. The number of nitrogens with one attached hydrogen (secondary N) is 1. The third-order valence-electron chi connectivity index (χ3n) is 4.02. The van der Waals surface area contributed by atoms with Gasteiger partial charge in [0.05, 0.1) is 6.10 Å². The molecular formula is C19H24N2O4. The van der Waals surface area contributed by atoms with Gasteiger partial charge in [-0.25, -0.2) is 4.79 Å². The van der Waals surface area contributed by atoms with Crippen LogP contribution in [0.25, 0.3) is 0 Å². The first-order valence-electron chi connectivity index (χ1n) is 8.14. The zero-order valence-corrected chi connectivity index (χ0v) is 14.2. The molecule has 6 nitrogen and oxygen atoms in total. The molecule has 5 N–H and O–H groups in total. The zero-order chi connectivity index (χ0) is 18.2. The molecular weight excluding hydrogens is 320 g/mol. The van der Waals surface area contributed by atoms with Gasteiger partial charge in [0.15, 0.2) is 0 Å². The van der Waals surface area contributed by atoms with Gasteiger partial charge in [-0.1, -0.05) is 42.5 Å². The molecule has 0 saturated heterocycles. The summed E-state index contributed by atoms with van der Waals surface area (Å²) in [5.41, 5.74) is 8.59. The number of aliphatic hydroxyl groups is 2.